The molecular weight excluding hydrogens is 426 g/mol. The van der Waals surface area contributed by atoms with Crippen molar-refractivity contribution in [3.63, 3.8) is 0 Å². The van der Waals surface area contributed by atoms with Gasteiger partial charge in [0.1, 0.15) is 0 Å². The van der Waals surface area contributed by atoms with E-state index in [1.807, 2.05) is 18.2 Å². The molecule has 0 aliphatic carbocycles. The lowest BCUT2D eigenvalue weighted by Gasteiger charge is -2.35. The van der Waals surface area contributed by atoms with Gasteiger partial charge >= 0.3 is 0 Å². The first-order chi connectivity index (χ1) is 15.4. The van der Waals surface area contributed by atoms with Gasteiger partial charge in [-0.25, -0.2) is 12.7 Å². The summed E-state index contributed by atoms with van der Waals surface area (Å²) >= 11 is 0. The second-order valence-electron chi connectivity index (χ2n) is 8.56. The van der Waals surface area contributed by atoms with Gasteiger partial charge in [0.05, 0.1) is 23.4 Å². The van der Waals surface area contributed by atoms with E-state index in [4.69, 9.17) is 0 Å². The van der Waals surface area contributed by atoms with Gasteiger partial charge in [0.2, 0.25) is 15.9 Å². The lowest BCUT2D eigenvalue weighted by Crippen LogP contribution is -2.40. The fourth-order valence-electron chi connectivity index (χ4n) is 4.49. The van der Waals surface area contributed by atoms with Crippen LogP contribution in [0.4, 0.5) is 5.69 Å². The van der Waals surface area contributed by atoms with Crippen LogP contribution < -0.4 is 9.62 Å². The molecule has 2 unspecified atom stereocenters. The summed E-state index contributed by atoms with van der Waals surface area (Å²) in [6.07, 6.45) is 3.57. The monoisotopic (exact) mass is 455 g/mol. The first kappa shape index (κ1) is 22.5. The molecule has 2 aromatic rings. The molecule has 0 radical (unpaired) electrons. The lowest BCUT2D eigenvalue weighted by atomic mass is 10.0. The van der Waals surface area contributed by atoms with E-state index >= 15 is 0 Å². The molecule has 170 valence electrons. The van der Waals surface area contributed by atoms with E-state index in [0.717, 1.165) is 30.2 Å². The number of nitrogens with one attached hydrogen (secondary N) is 1. The number of sulfonamides is 1. The number of amides is 2. The SMILES string of the molecule is CC1CS(=O)(=O)N(c2ccc(C(=O)NCC(c3ccccc3)N3CCCCC3)cc2)C1=O. The van der Waals surface area contributed by atoms with Gasteiger partial charge in [0.25, 0.3) is 5.91 Å². The van der Waals surface area contributed by atoms with Crippen LogP contribution in [0, 0.1) is 5.92 Å². The molecule has 2 fully saturated rings. The maximum absolute atomic E-state index is 12.8. The van der Waals surface area contributed by atoms with Gasteiger partial charge in [-0.05, 0) is 55.8 Å². The van der Waals surface area contributed by atoms with Gasteiger partial charge in [0.15, 0.2) is 0 Å². The van der Waals surface area contributed by atoms with E-state index < -0.39 is 21.8 Å². The Kier molecular flexibility index (Phi) is 6.62. The Morgan fingerprint density at radius 3 is 2.28 bits per heavy atom. The molecule has 2 aromatic carbocycles. The summed E-state index contributed by atoms with van der Waals surface area (Å²) < 4.78 is 25.4. The minimum atomic E-state index is -3.66. The quantitative estimate of drug-likeness (QED) is 0.724. The number of likely N-dealkylation sites (tertiary alicyclic amines) is 1. The number of nitrogens with zero attached hydrogens (tertiary/aromatic N) is 2. The molecule has 2 saturated heterocycles. The minimum Gasteiger partial charge on any atom is -0.350 e. The van der Waals surface area contributed by atoms with E-state index in [0.29, 0.717) is 12.1 Å². The molecule has 2 atom stereocenters. The maximum atomic E-state index is 12.8. The van der Waals surface area contributed by atoms with Crippen molar-refractivity contribution in [3.8, 4) is 0 Å². The van der Waals surface area contributed by atoms with E-state index in [2.05, 4.69) is 22.3 Å². The number of benzene rings is 2. The van der Waals surface area contributed by atoms with Crippen LogP contribution in [0.2, 0.25) is 0 Å². The zero-order valence-electron chi connectivity index (χ0n) is 18.2. The van der Waals surface area contributed by atoms with Crippen molar-refractivity contribution in [2.24, 2.45) is 5.92 Å². The number of anilines is 1. The highest BCUT2D eigenvalue weighted by Gasteiger charge is 2.41. The molecule has 32 heavy (non-hydrogen) atoms. The molecule has 8 heteroatoms. The Morgan fingerprint density at radius 2 is 1.69 bits per heavy atom. The minimum absolute atomic E-state index is 0.105. The standard InChI is InChI=1S/C24H29N3O4S/c1-18-17-32(30,31)27(24(18)29)21-12-10-20(11-13-21)23(28)25-16-22(19-8-4-2-5-9-19)26-14-6-3-7-15-26/h2,4-5,8-13,18,22H,3,6-7,14-17H2,1H3,(H,25,28). The largest absolute Gasteiger partial charge is 0.350 e. The Morgan fingerprint density at radius 1 is 1.03 bits per heavy atom. The number of hydrogen-bond acceptors (Lipinski definition) is 5. The van der Waals surface area contributed by atoms with Crippen molar-refractivity contribution in [1.29, 1.82) is 0 Å². The van der Waals surface area contributed by atoms with Crippen molar-refractivity contribution in [2.45, 2.75) is 32.2 Å². The second kappa shape index (κ2) is 9.42. The zero-order valence-corrected chi connectivity index (χ0v) is 19.1. The van der Waals surface area contributed by atoms with Crippen LogP contribution in [-0.2, 0) is 14.8 Å². The van der Waals surface area contributed by atoms with Crippen molar-refractivity contribution in [1.82, 2.24) is 10.2 Å². The van der Waals surface area contributed by atoms with Crippen LogP contribution in [-0.4, -0.2) is 50.5 Å². The molecule has 0 aromatic heterocycles. The highest BCUT2D eigenvalue weighted by atomic mass is 32.2. The third-order valence-electron chi connectivity index (χ3n) is 6.20. The summed E-state index contributed by atoms with van der Waals surface area (Å²) in [4.78, 5) is 27.5. The van der Waals surface area contributed by atoms with Gasteiger partial charge in [-0.1, -0.05) is 43.7 Å². The number of piperidine rings is 1. The molecular formula is C24H29N3O4S. The molecule has 2 aliphatic heterocycles. The molecule has 0 saturated carbocycles. The highest BCUT2D eigenvalue weighted by molar-refractivity contribution is 7.94. The summed E-state index contributed by atoms with van der Waals surface area (Å²) in [7, 11) is -3.66. The van der Waals surface area contributed by atoms with Gasteiger partial charge < -0.3 is 5.32 Å². The topological polar surface area (TPSA) is 86.8 Å². The van der Waals surface area contributed by atoms with E-state index in [1.54, 1.807) is 19.1 Å². The second-order valence-corrected chi connectivity index (χ2v) is 10.4. The van der Waals surface area contributed by atoms with Gasteiger partial charge in [-0.15, -0.1) is 0 Å². The molecule has 7 nitrogen and oxygen atoms in total. The average Bonchev–Trinajstić information content (AvgIpc) is 3.01. The van der Waals surface area contributed by atoms with Crippen LogP contribution in [0.1, 0.15) is 48.1 Å². The summed E-state index contributed by atoms with van der Waals surface area (Å²) in [5.41, 5.74) is 1.87. The van der Waals surface area contributed by atoms with Crippen LogP contribution in [0.3, 0.4) is 0 Å². The molecule has 2 aliphatic rings. The number of carbonyl (C=O) groups is 2. The highest BCUT2D eigenvalue weighted by Crippen LogP contribution is 2.28. The third-order valence-corrected chi connectivity index (χ3v) is 8.06. The van der Waals surface area contributed by atoms with E-state index in [-0.39, 0.29) is 23.4 Å². The van der Waals surface area contributed by atoms with Gasteiger partial charge in [0, 0.05) is 12.1 Å². The van der Waals surface area contributed by atoms with Crippen LogP contribution in [0.15, 0.2) is 54.6 Å². The van der Waals surface area contributed by atoms with Crippen molar-refractivity contribution < 1.29 is 18.0 Å². The number of rotatable bonds is 6. The fourth-order valence-corrected chi connectivity index (χ4v) is 6.31. The Bertz CT molecular complexity index is 1060. The first-order valence-electron chi connectivity index (χ1n) is 11.1. The predicted molar refractivity (Wildman–Crippen MR) is 124 cm³/mol. The Balaban J connectivity index is 1.45. The third kappa shape index (κ3) is 4.71. The summed E-state index contributed by atoms with van der Waals surface area (Å²) in [5.74, 6) is -1.41. The Hall–Kier alpha value is -2.71. The molecule has 0 bridgehead atoms. The normalized spacial score (nSPS) is 22.0. The summed E-state index contributed by atoms with van der Waals surface area (Å²) in [6, 6.07) is 16.5. The molecule has 4 rings (SSSR count). The van der Waals surface area contributed by atoms with Crippen LogP contribution in [0.5, 0.6) is 0 Å². The average molecular weight is 456 g/mol. The summed E-state index contributed by atoms with van der Waals surface area (Å²) in [6.45, 7) is 4.12. The lowest BCUT2D eigenvalue weighted by molar-refractivity contribution is -0.119. The zero-order chi connectivity index (χ0) is 22.7. The number of carbonyl (C=O) groups excluding carboxylic acids is 2. The molecule has 2 heterocycles. The van der Waals surface area contributed by atoms with Crippen LogP contribution >= 0.6 is 0 Å². The number of hydrogen-bond donors (Lipinski definition) is 1. The van der Waals surface area contributed by atoms with Crippen LogP contribution in [0.25, 0.3) is 0 Å². The Labute approximate surface area is 189 Å². The van der Waals surface area contributed by atoms with E-state index in [9.17, 15) is 18.0 Å². The van der Waals surface area contributed by atoms with E-state index in [1.165, 1.54) is 24.1 Å². The van der Waals surface area contributed by atoms with Gasteiger partial charge in [-0.3, -0.25) is 14.5 Å². The maximum Gasteiger partial charge on any atom is 0.251 e. The van der Waals surface area contributed by atoms with Gasteiger partial charge in [-0.2, -0.15) is 0 Å². The fraction of sp³-hybridized carbons (Fsp3) is 0.417. The smallest absolute Gasteiger partial charge is 0.251 e. The molecule has 2 amide bonds. The van der Waals surface area contributed by atoms with Crippen molar-refractivity contribution in [3.05, 3.63) is 65.7 Å². The summed E-state index contributed by atoms with van der Waals surface area (Å²) in [5, 5.41) is 3.04. The first-order valence-corrected chi connectivity index (χ1v) is 12.7. The predicted octanol–water partition coefficient (Wildman–Crippen LogP) is 2.96. The molecule has 0 spiro atoms. The van der Waals surface area contributed by atoms with Crippen molar-refractivity contribution in [2.75, 3.05) is 29.7 Å². The molecule has 1 N–H and O–H groups in total. The van der Waals surface area contributed by atoms with Crippen molar-refractivity contribution >= 4 is 27.5 Å².